The molecule has 0 aliphatic carbocycles. The second-order valence-electron chi connectivity index (χ2n) is 2.16. The Morgan fingerprint density at radius 1 is 1.60 bits per heavy atom. The number of hydrogen-bond donors (Lipinski definition) is 1. The third kappa shape index (κ3) is 1.69. The average Bonchev–Trinajstić information content (AvgIpc) is 1.95. The Balaban J connectivity index is 2.79. The predicted molar refractivity (Wildman–Crippen MR) is 38.9 cm³/mol. The molecule has 1 N–H and O–H groups in total. The minimum absolute atomic E-state index is 0.139. The van der Waals surface area contributed by atoms with Gasteiger partial charge in [-0.05, 0) is 12.5 Å². The molecular formula is C7H10N2O. The minimum atomic E-state index is -0.139. The Morgan fingerprint density at radius 2 is 2.40 bits per heavy atom. The summed E-state index contributed by atoms with van der Waals surface area (Å²) in [5.74, 6) is 0. The number of hydrogen-bond acceptors (Lipinski definition) is 2. The maximum atomic E-state index is 10.5. The van der Waals surface area contributed by atoms with E-state index in [-0.39, 0.29) is 5.56 Å². The molecule has 10 heavy (non-hydrogen) atoms. The van der Waals surface area contributed by atoms with Gasteiger partial charge in [0.05, 0.1) is 5.69 Å². The lowest BCUT2D eigenvalue weighted by atomic mass is 10.2. The van der Waals surface area contributed by atoms with Gasteiger partial charge in [0.2, 0.25) is 0 Å². The molecule has 1 aromatic heterocycles. The highest BCUT2D eigenvalue weighted by Crippen LogP contribution is 1.92. The Labute approximate surface area is 59.1 Å². The van der Waals surface area contributed by atoms with E-state index in [4.69, 9.17) is 0 Å². The van der Waals surface area contributed by atoms with Crippen molar-refractivity contribution in [3.05, 3.63) is 28.2 Å². The van der Waals surface area contributed by atoms with E-state index in [0.29, 0.717) is 0 Å². The van der Waals surface area contributed by atoms with Gasteiger partial charge < -0.3 is 0 Å². The van der Waals surface area contributed by atoms with Crippen LogP contribution in [-0.4, -0.2) is 10.2 Å². The molecule has 0 atom stereocenters. The Bertz CT molecular complexity index is 234. The van der Waals surface area contributed by atoms with Crippen molar-refractivity contribution in [1.82, 2.24) is 10.2 Å². The summed E-state index contributed by atoms with van der Waals surface area (Å²) in [6.07, 6.45) is 1.98. The topological polar surface area (TPSA) is 45.8 Å². The first-order valence-electron chi connectivity index (χ1n) is 3.37. The Morgan fingerprint density at radius 3 is 2.90 bits per heavy atom. The van der Waals surface area contributed by atoms with Gasteiger partial charge in [0.15, 0.2) is 0 Å². The monoisotopic (exact) mass is 138 g/mol. The third-order valence-corrected chi connectivity index (χ3v) is 1.24. The lowest BCUT2D eigenvalue weighted by Crippen LogP contribution is -2.07. The van der Waals surface area contributed by atoms with Gasteiger partial charge in [-0.25, -0.2) is 5.10 Å². The van der Waals surface area contributed by atoms with E-state index in [1.165, 1.54) is 6.07 Å². The largest absolute Gasteiger partial charge is 0.268 e. The fourth-order valence-corrected chi connectivity index (χ4v) is 0.769. The molecule has 1 heterocycles. The van der Waals surface area contributed by atoms with Crippen molar-refractivity contribution in [2.45, 2.75) is 19.8 Å². The van der Waals surface area contributed by atoms with E-state index >= 15 is 0 Å². The van der Waals surface area contributed by atoms with E-state index in [2.05, 4.69) is 17.1 Å². The van der Waals surface area contributed by atoms with E-state index in [0.717, 1.165) is 18.5 Å². The van der Waals surface area contributed by atoms with Crippen LogP contribution in [-0.2, 0) is 6.42 Å². The number of aryl methyl sites for hydroxylation is 1. The fraction of sp³-hybridized carbons (Fsp3) is 0.429. The molecule has 0 saturated heterocycles. The highest BCUT2D eigenvalue weighted by Gasteiger charge is 1.89. The Hall–Kier alpha value is -1.12. The van der Waals surface area contributed by atoms with Gasteiger partial charge in [-0.3, -0.25) is 4.79 Å². The zero-order valence-electron chi connectivity index (χ0n) is 5.92. The van der Waals surface area contributed by atoms with Gasteiger partial charge in [-0.15, -0.1) is 0 Å². The molecule has 54 valence electrons. The van der Waals surface area contributed by atoms with Crippen LogP contribution in [0.1, 0.15) is 19.0 Å². The molecule has 0 saturated carbocycles. The molecule has 3 nitrogen and oxygen atoms in total. The molecule has 0 spiro atoms. The lowest BCUT2D eigenvalue weighted by Gasteiger charge is -1.92. The number of rotatable bonds is 2. The van der Waals surface area contributed by atoms with Crippen molar-refractivity contribution in [3.63, 3.8) is 0 Å². The van der Waals surface area contributed by atoms with E-state index in [1.807, 2.05) is 0 Å². The van der Waals surface area contributed by atoms with Crippen molar-refractivity contribution in [3.8, 4) is 0 Å². The first-order chi connectivity index (χ1) is 4.83. The van der Waals surface area contributed by atoms with Gasteiger partial charge in [0, 0.05) is 6.07 Å². The molecule has 0 aliphatic heterocycles. The summed E-state index contributed by atoms with van der Waals surface area (Å²) in [5, 5.41) is 6.21. The van der Waals surface area contributed by atoms with E-state index in [9.17, 15) is 4.79 Å². The van der Waals surface area contributed by atoms with Gasteiger partial charge in [-0.2, -0.15) is 5.10 Å². The van der Waals surface area contributed by atoms with Crippen LogP contribution in [0.25, 0.3) is 0 Å². The summed E-state index contributed by atoms with van der Waals surface area (Å²) < 4.78 is 0. The maximum Gasteiger partial charge on any atom is 0.264 e. The first-order valence-corrected chi connectivity index (χ1v) is 3.37. The number of nitrogens with zero attached hydrogens (tertiary/aromatic N) is 1. The SMILES string of the molecule is CCCc1ccc(=O)[nH]n1. The Kier molecular flexibility index (Phi) is 2.20. The summed E-state index contributed by atoms with van der Waals surface area (Å²) in [7, 11) is 0. The molecule has 1 aromatic rings. The molecule has 0 amide bonds. The van der Waals surface area contributed by atoms with Gasteiger partial charge >= 0.3 is 0 Å². The van der Waals surface area contributed by atoms with Crippen molar-refractivity contribution >= 4 is 0 Å². The minimum Gasteiger partial charge on any atom is -0.268 e. The summed E-state index contributed by atoms with van der Waals surface area (Å²) in [4.78, 5) is 10.5. The molecule has 0 radical (unpaired) electrons. The van der Waals surface area contributed by atoms with Crippen LogP contribution in [0.5, 0.6) is 0 Å². The smallest absolute Gasteiger partial charge is 0.264 e. The molecule has 0 fully saturated rings. The van der Waals surface area contributed by atoms with Crippen LogP contribution in [0.15, 0.2) is 16.9 Å². The standard InChI is InChI=1S/C7H10N2O/c1-2-3-6-4-5-7(10)9-8-6/h4-5H,2-3H2,1H3,(H,9,10). The zero-order chi connectivity index (χ0) is 7.40. The summed E-state index contributed by atoms with van der Waals surface area (Å²) in [6.45, 7) is 2.08. The molecule has 0 aliphatic rings. The molecular weight excluding hydrogens is 128 g/mol. The van der Waals surface area contributed by atoms with Crippen molar-refractivity contribution in [2.24, 2.45) is 0 Å². The first kappa shape index (κ1) is 6.99. The van der Waals surface area contributed by atoms with Crippen molar-refractivity contribution in [1.29, 1.82) is 0 Å². The molecule has 0 unspecified atom stereocenters. The van der Waals surface area contributed by atoms with Crippen LogP contribution in [0.4, 0.5) is 0 Å². The lowest BCUT2D eigenvalue weighted by molar-refractivity contribution is 0.828. The summed E-state index contributed by atoms with van der Waals surface area (Å²) >= 11 is 0. The highest BCUT2D eigenvalue weighted by atomic mass is 16.1. The number of aromatic nitrogens is 2. The molecule has 0 aromatic carbocycles. The predicted octanol–water partition coefficient (Wildman–Crippen LogP) is 0.722. The van der Waals surface area contributed by atoms with Crippen LogP contribution < -0.4 is 5.56 Å². The van der Waals surface area contributed by atoms with Crippen molar-refractivity contribution in [2.75, 3.05) is 0 Å². The van der Waals surface area contributed by atoms with Crippen LogP contribution in [0.2, 0.25) is 0 Å². The summed E-state index contributed by atoms with van der Waals surface area (Å²) in [6, 6.07) is 3.25. The number of H-pyrrole nitrogens is 1. The van der Waals surface area contributed by atoms with Crippen LogP contribution in [0, 0.1) is 0 Å². The highest BCUT2D eigenvalue weighted by molar-refractivity contribution is 4.98. The number of aromatic amines is 1. The third-order valence-electron chi connectivity index (χ3n) is 1.24. The molecule has 3 heteroatoms. The normalized spacial score (nSPS) is 9.70. The van der Waals surface area contributed by atoms with Crippen LogP contribution >= 0.6 is 0 Å². The summed E-state index contributed by atoms with van der Waals surface area (Å²) in [5.41, 5.74) is 0.807. The number of nitrogens with one attached hydrogen (secondary N) is 1. The van der Waals surface area contributed by atoms with Gasteiger partial charge in [0.1, 0.15) is 0 Å². The quantitative estimate of drug-likeness (QED) is 0.654. The molecule has 1 rings (SSSR count). The fourth-order valence-electron chi connectivity index (χ4n) is 0.769. The second-order valence-corrected chi connectivity index (χ2v) is 2.16. The van der Waals surface area contributed by atoms with E-state index < -0.39 is 0 Å². The van der Waals surface area contributed by atoms with E-state index in [1.54, 1.807) is 6.07 Å². The second kappa shape index (κ2) is 3.15. The average molecular weight is 138 g/mol. The van der Waals surface area contributed by atoms with Crippen LogP contribution in [0.3, 0.4) is 0 Å². The van der Waals surface area contributed by atoms with Gasteiger partial charge in [-0.1, -0.05) is 13.3 Å². The molecule has 0 bridgehead atoms. The maximum absolute atomic E-state index is 10.5. The zero-order valence-corrected chi connectivity index (χ0v) is 5.92. The van der Waals surface area contributed by atoms with Crippen molar-refractivity contribution < 1.29 is 0 Å². The van der Waals surface area contributed by atoms with Gasteiger partial charge in [0.25, 0.3) is 5.56 Å².